The summed E-state index contributed by atoms with van der Waals surface area (Å²) in [5, 5.41) is 3.52. The molecule has 2 N–H and O–H groups in total. The summed E-state index contributed by atoms with van der Waals surface area (Å²) in [6.45, 7) is 8.30. The van der Waals surface area contributed by atoms with Crippen molar-refractivity contribution in [2.75, 3.05) is 0 Å². The van der Waals surface area contributed by atoms with E-state index in [9.17, 15) is 8.42 Å². The third kappa shape index (κ3) is 4.16. The Hall–Kier alpha value is -0.690. The van der Waals surface area contributed by atoms with Gasteiger partial charge in [-0.15, -0.1) is 0 Å². The fraction of sp³-hybridized carbons (Fsp3) is 0.643. The Morgan fingerprint density at radius 3 is 2.38 bits per heavy atom. The van der Waals surface area contributed by atoms with Gasteiger partial charge in [-0.3, -0.25) is 0 Å². The van der Waals surface area contributed by atoms with Crippen LogP contribution in [0.1, 0.15) is 40.5 Å². The second-order valence-corrected chi connectivity index (χ2v) is 8.95. The lowest BCUT2D eigenvalue weighted by atomic mass is 9.80. The van der Waals surface area contributed by atoms with Crippen LogP contribution in [0.25, 0.3) is 0 Å². The van der Waals surface area contributed by atoms with Gasteiger partial charge in [0.05, 0.1) is 0 Å². The first kappa shape index (κ1) is 16.7. The molecule has 1 saturated heterocycles. The van der Waals surface area contributed by atoms with E-state index in [1.165, 1.54) is 12.3 Å². The normalized spacial score (nSPS) is 22.1. The van der Waals surface area contributed by atoms with Gasteiger partial charge in [0.25, 0.3) is 0 Å². The molecule has 2 heterocycles. The van der Waals surface area contributed by atoms with E-state index in [1.807, 2.05) is 0 Å². The summed E-state index contributed by atoms with van der Waals surface area (Å²) in [6.07, 6.45) is 2.90. The zero-order valence-corrected chi connectivity index (χ0v) is 14.3. The van der Waals surface area contributed by atoms with Gasteiger partial charge in [-0.2, -0.15) is 0 Å². The summed E-state index contributed by atoms with van der Waals surface area (Å²) >= 11 is 5.90. The van der Waals surface area contributed by atoms with E-state index in [4.69, 9.17) is 11.6 Å². The smallest absolute Gasteiger partial charge is 0.243 e. The van der Waals surface area contributed by atoms with Crippen molar-refractivity contribution >= 4 is 21.6 Å². The molecule has 0 aliphatic carbocycles. The average molecular weight is 332 g/mol. The summed E-state index contributed by atoms with van der Waals surface area (Å²) in [7, 11) is -3.66. The Kier molecular flexibility index (Phi) is 4.37. The standard InChI is InChI=1S/C14H22ClN3O2S/c1-13(2)8-10(9-14(3,4)18-13)17-21(19,20)11-6-5-7-16-12(11)15/h5-7,10,17-18H,8-9H2,1-4H3. The highest BCUT2D eigenvalue weighted by molar-refractivity contribution is 7.89. The lowest BCUT2D eigenvalue weighted by Gasteiger charge is -2.46. The minimum Gasteiger partial charge on any atom is -0.307 e. The van der Waals surface area contributed by atoms with Crippen LogP contribution in [0.2, 0.25) is 5.15 Å². The summed E-state index contributed by atoms with van der Waals surface area (Å²) < 4.78 is 27.7. The van der Waals surface area contributed by atoms with Crippen LogP contribution in [0, 0.1) is 0 Å². The molecule has 0 spiro atoms. The highest BCUT2D eigenvalue weighted by Gasteiger charge is 2.39. The van der Waals surface area contributed by atoms with Crippen molar-refractivity contribution in [2.45, 2.75) is 62.6 Å². The molecular weight excluding hydrogens is 310 g/mol. The third-order valence-corrected chi connectivity index (χ3v) is 5.49. The first-order valence-corrected chi connectivity index (χ1v) is 8.79. The fourth-order valence-electron chi connectivity index (χ4n) is 3.26. The van der Waals surface area contributed by atoms with Gasteiger partial charge in [-0.05, 0) is 52.7 Å². The molecule has 2 rings (SSSR count). The van der Waals surface area contributed by atoms with Crippen molar-refractivity contribution in [1.29, 1.82) is 0 Å². The minimum atomic E-state index is -3.66. The van der Waals surface area contributed by atoms with Gasteiger partial charge in [-0.1, -0.05) is 11.6 Å². The number of piperidine rings is 1. The highest BCUT2D eigenvalue weighted by atomic mass is 35.5. The molecule has 1 aromatic rings. The molecule has 1 aliphatic heterocycles. The maximum absolute atomic E-state index is 12.5. The number of sulfonamides is 1. The second kappa shape index (κ2) is 5.50. The zero-order chi connectivity index (χ0) is 15.9. The van der Waals surface area contributed by atoms with Gasteiger partial charge < -0.3 is 5.32 Å². The van der Waals surface area contributed by atoms with Gasteiger partial charge in [-0.25, -0.2) is 18.1 Å². The van der Waals surface area contributed by atoms with Gasteiger partial charge in [0.15, 0.2) is 0 Å². The van der Waals surface area contributed by atoms with Crippen molar-refractivity contribution in [1.82, 2.24) is 15.0 Å². The topological polar surface area (TPSA) is 71.1 Å². The predicted octanol–water partition coefficient (Wildman–Crippen LogP) is 2.32. The van der Waals surface area contributed by atoms with E-state index < -0.39 is 10.0 Å². The molecule has 1 fully saturated rings. The molecule has 1 aromatic heterocycles. The Labute approximate surface area is 131 Å². The Bertz CT molecular complexity index is 613. The fourth-order valence-corrected chi connectivity index (χ4v) is 4.95. The Morgan fingerprint density at radius 2 is 1.86 bits per heavy atom. The number of nitrogens with one attached hydrogen (secondary N) is 2. The van der Waals surface area contributed by atoms with Crippen LogP contribution in [0.3, 0.4) is 0 Å². The van der Waals surface area contributed by atoms with E-state index >= 15 is 0 Å². The summed E-state index contributed by atoms with van der Waals surface area (Å²) in [5.41, 5.74) is -0.263. The zero-order valence-electron chi connectivity index (χ0n) is 12.8. The molecule has 0 bridgehead atoms. The number of hydrogen-bond donors (Lipinski definition) is 2. The lowest BCUT2D eigenvalue weighted by Crippen LogP contribution is -2.62. The predicted molar refractivity (Wildman–Crippen MR) is 83.9 cm³/mol. The molecule has 0 unspecified atom stereocenters. The van der Waals surface area contributed by atoms with Gasteiger partial charge in [0.2, 0.25) is 10.0 Å². The van der Waals surface area contributed by atoms with Crippen LogP contribution in [0.4, 0.5) is 0 Å². The molecule has 0 radical (unpaired) electrons. The highest BCUT2D eigenvalue weighted by Crippen LogP contribution is 2.30. The van der Waals surface area contributed by atoms with Crippen molar-refractivity contribution in [2.24, 2.45) is 0 Å². The Morgan fingerprint density at radius 1 is 1.29 bits per heavy atom. The summed E-state index contributed by atoms with van der Waals surface area (Å²) in [6, 6.07) is 2.89. The van der Waals surface area contributed by atoms with E-state index in [1.54, 1.807) is 6.07 Å². The molecule has 0 atom stereocenters. The molecule has 5 nitrogen and oxygen atoms in total. The van der Waals surface area contributed by atoms with Crippen LogP contribution in [0.15, 0.2) is 23.2 Å². The number of nitrogens with zero attached hydrogens (tertiary/aromatic N) is 1. The number of aromatic nitrogens is 1. The lowest BCUT2D eigenvalue weighted by molar-refractivity contribution is 0.157. The molecular formula is C14H22ClN3O2S. The minimum absolute atomic E-state index is 0.00236. The van der Waals surface area contributed by atoms with Crippen LogP contribution >= 0.6 is 11.6 Å². The molecule has 118 valence electrons. The second-order valence-electron chi connectivity index (χ2n) is 6.91. The summed E-state index contributed by atoms with van der Waals surface area (Å²) in [5.74, 6) is 0. The molecule has 0 aromatic carbocycles. The van der Waals surface area contributed by atoms with Gasteiger partial charge in [0.1, 0.15) is 10.0 Å². The number of hydrogen-bond acceptors (Lipinski definition) is 4. The maximum Gasteiger partial charge on any atom is 0.243 e. The average Bonchev–Trinajstić information content (AvgIpc) is 2.23. The van der Waals surface area contributed by atoms with Gasteiger partial charge >= 0.3 is 0 Å². The van der Waals surface area contributed by atoms with Crippen LogP contribution in [0.5, 0.6) is 0 Å². The van der Waals surface area contributed by atoms with Crippen LogP contribution < -0.4 is 10.0 Å². The molecule has 1 aliphatic rings. The third-order valence-electron chi connectivity index (χ3n) is 3.53. The molecule has 0 saturated carbocycles. The van der Waals surface area contributed by atoms with Crippen molar-refractivity contribution in [3.05, 3.63) is 23.5 Å². The van der Waals surface area contributed by atoms with Gasteiger partial charge in [0, 0.05) is 23.3 Å². The SMILES string of the molecule is CC1(C)CC(NS(=O)(=O)c2cccnc2Cl)CC(C)(C)N1. The monoisotopic (exact) mass is 331 g/mol. The molecule has 7 heteroatoms. The molecule has 21 heavy (non-hydrogen) atoms. The number of halogens is 1. The largest absolute Gasteiger partial charge is 0.307 e. The van der Waals surface area contributed by atoms with Crippen molar-refractivity contribution in [3.63, 3.8) is 0 Å². The summed E-state index contributed by atoms with van der Waals surface area (Å²) in [4.78, 5) is 3.86. The first-order valence-electron chi connectivity index (χ1n) is 6.93. The molecule has 0 amide bonds. The van der Waals surface area contributed by atoms with E-state index in [-0.39, 0.29) is 27.2 Å². The number of rotatable bonds is 3. The number of pyridine rings is 1. The van der Waals surface area contributed by atoms with Crippen molar-refractivity contribution < 1.29 is 8.42 Å². The van der Waals surface area contributed by atoms with Crippen LogP contribution in [-0.4, -0.2) is 30.5 Å². The van der Waals surface area contributed by atoms with E-state index in [0.29, 0.717) is 12.8 Å². The van der Waals surface area contributed by atoms with Crippen LogP contribution in [-0.2, 0) is 10.0 Å². The van der Waals surface area contributed by atoms with E-state index in [0.717, 1.165) is 0 Å². The van der Waals surface area contributed by atoms with E-state index in [2.05, 4.69) is 42.7 Å². The van der Waals surface area contributed by atoms with Crippen molar-refractivity contribution in [3.8, 4) is 0 Å². The maximum atomic E-state index is 12.5. The first-order chi connectivity index (χ1) is 9.51. The quantitative estimate of drug-likeness (QED) is 0.834. The Balaban J connectivity index is 2.23.